The lowest BCUT2D eigenvalue weighted by Gasteiger charge is -2.07. The molecule has 5 heteroatoms. The summed E-state index contributed by atoms with van der Waals surface area (Å²) in [5.74, 6) is 0. The van der Waals surface area contributed by atoms with Crippen LogP contribution in [0.4, 0.5) is 13.2 Å². The van der Waals surface area contributed by atoms with E-state index in [4.69, 9.17) is 0 Å². The third-order valence-corrected chi connectivity index (χ3v) is 1.77. The molecule has 0 N–H and O–H groups in total. The minimum absolute atomic E-state index is 0.116. The first-order chi connectivity index (χ1) is 6.59. The molecule has 1 aromatic heterocycles. The molecule has 2 nitrogen and oxygen atoms in total. The Morgan fingerprint density at radius 1 is 1.21 bits per heavy atom. The highest BCUT2D eigenvalue weighted by Crippen LogP contribution is 2.32. The van der Waals surface area contributed by atoms with E-state index >= 15 is 0 Å². The highest BCUT2D eigenvalue weighted by atomic mass is 19.4. The first-order valence-corrected chi connectivity index (χ1v) is 3.77. The topological polar surface area (TPSA) is 25.8 Å². The summed E-state index contributed by atoms with van der Waals surface area (Å²) >= 11 is 0. The number of benzene rings is 1. The van der Waals surface area contributed by atoms with Crippen LogP contribution in [0, 0.1) is 6.20 Å². The molecule has 0 aliphatic rings. The largest absolute Gasteiger partial charge is 0.418 e. The summed E-state index contributed by atoms with van der Waals surface area (Å²) in [6.07, 6.45) is -0.883. The molecule has 0 aliphatic carbocycles. The van der Waals surface area contributed by atoms with Gasteiger partial charge in [-0.25, -0.2) is 9.97 Å². The third-order valence-electron chi connectivity index (χ3n) is 1.77. The molecular formula is C9H4F3N2. The fraction of sp³-hybridized carbons (Fsp3) is 0.111. The Bertz CT molecular complexity index is 460. The van der Waals surface area contributed by atoms with Crippen molar-refractivity contribution in [2.24, 2.45) is 0 Å². The van der Waals surface area contributed by atoms with E-state index in [0.717, 1.165) is 12.4 Å². The highest BCUT2D eigenvalue weighted by Gasteiger charge is 2.32. The van der Waals surface area contributed by atoms with Crippen molar-refractivity contribution in [1.29, 1.82) is 0 Å². The van der Waals surface area contributed by atoms with Crippen molar-refractivity contribution in [3.8, 4) is 0 Å². The fourth-order valence-electron chi connectivity index (χ4n) is 1.19. The molecule has 0 saturated carbocycles. The van der Waals surface area contributed by atoms with Gasteiger partial charge in [0.25, 0.3) is 0 Å². The molecule has 1 aromatic carbocycles. The second kappa shape index (κ2) is 2.94. The summed E-state index contributed by atoms with van der Waals surface area (Å²) in [5, 5.41) is 0.266. The minimum Gasteiger partial charge on any atom is -0.236 e. The van der Waals surface area contributed by atoms with Gasteiger partial charge < -0.3 is 0 Å². The number of aromatic nitrogens is 2. The highest BCUT2D eigenvalue weighted by molar-refractivity contribution is 5.80. The van der Waals surface area contributed by atoms with Gasteiger partial charge in [0.2, 0.25) is 0 Å². The lowest BCUT2D eigenvalue weighted by atomic mass is 10.1. The van der Waals surface area contributed by atoms with Crippen molar-refractivity contribution in [3.05, 3.63) is 36.3 Å². The number of nitrogens with zero attached hydrogens (tertiary/aromatic N) is 2. The van der Waals surface area contributed by atoms with Crippen LogP contribution in [0.2, 0.25) is 0 Å². The van der Waals surface area contributed by atoms with E-state index in [1.165, 1.54) is 12.1 Å². The van der Waals surface area contributed by atoms with Crippen LogP contribution >= 0.6 is 0 Å². The molecule has 0 bridgehead atoms. The van der Waals surface area contributed by atoms with E-state index in [1.807, 2.05) is 0 Å². The summed E-state index contributed by atoms with van der Waals surface area (Å²) in [4.78, 5) is 7.12. The molecule has 0 unspecified atom stereocenters. The number of alkyl halides is 3. The maximum atomic E-state index is 12.4. The lowest BCUT2D eigenvalue weighted by molar-refractivity contribution is -0.136. The van der Waals surface area contributed by atoms with Gasteiger partial charge >= 0.3 is 6.18 Å². The van der Waals surface area contributed by atoms with Crippen LogP contribution in [0.3, 0.4) is 0 Å². The summed E-state index contributed by atoms with van der Waals surface area (Å²) in [7, 11) is 0. The van der Waals surface area contributed by atoms with Crippen LogP contribution in [0.25, 0.3) is 10.9 Å². The molecule has 0 atom stereocenters. The number of hydrogen-bond acceptors (Lipinski definition) is 2. The van der Waals surface area contributed by atoms with Crippen LogP contribution < -0.4 is 0 Å². The number of halogens is 3. The Hall–Kier alpha value is -1.65. The molecule has 0 amide bonds. The van der Waals surface area contributed by atoms with Gasteiger partial charge in [-0.3, -0.25) is 0 Å². The average Bonchev–Trinajstić information content (AvgIpc) is 2.15. The Labute approximate surface area is 77.4 Å². The second-order valence-corrected chi connectivity index (χ2v) is 2.68. The summed E-state index contributed by atoms with van der Waals surface area (Å²) in [6.45, 7) is 0. The summed E-state index contributed by atoms with van der Waals surface area (Å²) < 4.78 is 37.3. The molecule has 0 spiro atoms. The SMILES string of the molecule is FC(F)(F)c1cccc2[c]ncnc12. The predicted molar refractivity (Wildman–Crippen MR) is 43.4 cm³/mol. The van der Waals surface area contributed by atoms with Crippen molar-refractivity contribution in [3.63, 3.8) is 0 Å². The molecule has 2 aromatic rings. The van der Waals surface area contributed by atoms with Crippen LogP contribution in [0.15, 0.2) is 24.5 Å². The maximum absolute atomic E-state index is 12.4. The molecule has 14 heavy (non-hydrogen) atoms. The zero-order chi connectivity index (χ0) is 10.2. The lowest BCUT2D eigenvalue weighted by Crippen LogP contribution is -2.06. The fourth-order valence-corrected chi connectivity index (χ4v) is 1.19. The molecule has 0 fully saturated rings. The first-order valence-electron chi connectivity index (χ1n) is 3.77. The molecule has 0 saturated heterocycles. The van der Waals surface area contributed by atoms with E-state index in [0.29, 0.717) is 0 Å². The van der Waals surface area contributed by atoms with Crippen molar-refractivity contribution in [1.82, 2.24) is 9.97 Å². The predicted octanol–water partition coefficient (Wildman–Crippen LogP) is 2.45. The average molecular weight is 197 g/mol. The zero-order valence-electron chi connectivity index (χ0n) is 6.84. The third kappa shape index (κ3) is 1.41. The van der Waals surface area contributed by atoms with E-state index in [-0.39, 0.29) is 10.9 Å². The second-order valence-electron chi connectivity index (χ2n) is 2.68. The molecular weight excluding hydrogens is 193 g/mol. The summed E-state index contributed by atoms with van der Waals surface area (Å²) in [6, 6.07) is 3.79. The van der Waals surface area contributed by atoms with Gasteiger partial charge in [-0.1, -0.05) is 12.1 Å². The quantitative estimate of drug-likeness (QED) is 0.648. The Morgan fingerprint density at radius 2 is 2.00 bits per heavy atom. The van der Waals surface area contributed by atoms with Gasteiger partial charge in [-0.15, -0.1) is 0 Å². The van der Waals surface area contributed by atoms with Crippen molar-refractivity contribution in [2.45, 2.75) is 6.18 Å². The Balaban J connectivity index is 2.78. The van der Waals surface area contributed by atoms with Crippen LogP contribution in [-0.2, 0) is 6.18 Å². The monoisotopic (exact) mass is 197 g/mol. The van der Waals surface area contributed by atoms with Gasteiger partial charge in [0.15, 0.2) is 0 Å². The molecule has 1 radical (unpaired) electrons. The van der Waals surface area contributed by atoms with Crippen LogP contribution in [-0.4, -0.2) is 9.97 Å². The van der Waals surface area contributed by atoms with Gasteiger partial charge in [-0.05, 0) is 6.07 Å². The number of hydrogen-bond donors (Lipinski definition) is 0. The molecule has 71 valence electrons. The van der Waals surface area contributed by atoms with Crippen molar-refractivity contribution >= 4 is 10.9 Å². The molecule has 2 rings (SSSR count). The van der Waals surface area contributed by atoms with Crippen molar-refractivity contribution < 1.29 is 13.2 Å². The smallest absolute Gasteiger partial charge is 0.236 e. The zero-order valence-corrected chi connectivity index (χ0v) is 6.84. The van der Waals surface area contributed by atoms with Crippen LogP contribution in [0.5, 0.6) is 0 Å². The molecule has 0 aliphatic heterocycles. The van der Waals surface area contributed by atoms with Crippen LogP contribution in [0.1, 0.15) is 5.56 Å². The standard InChI is InChI=1S/C9H4F3N2/c10-9(11,12)7-3-1-2-6-4-13-5-14-8(6)7/h1-3,5H. The number of rotatable bonds is 0. The number of fused-ring (bicyclic) bond motifs is 1. The van der Waals surface area contributed by atoms with E-state index in [9.17, 15) is 13.2 Å². The Morgan fingerprint density at radius 3 is 2.71 bits per heavy atom. The minimum atomic E-state index is -4.39. The normalized spacial score (nSPS) is 11.9. The van der Waals surface area contributed by atoms with E-state index < -0.39 is 11.7 Å². The van der Waals surface area contributed by atoms with Gasteiger partial charge in [0.05, 0.1) is 11.1 Å². The maximum Gasteiger partial charge on any atom is 0.418 e. The van der Waals surface area contributed by atoms with E-state index in [1.54, 1.807) is 0 Å². The number of para-hydroxylation sites is 1. The van der Waals surface area contributed by atoms with Crippen molar-refractivity contribution in [2.75, 3.05) is 0 Å². The Kier molecular flexibility index (Phi) is 1.87. The van der Waals surface area contributed by atoms with Gasteiger partial charge in [0, 0.05) is 5.39 Å². The van der Waals surface area contributed by atoms with Gasteiger partial charge in [0.1, 0.15) is 12.5 Å². The van der Waals surface area contributed by atoms with E-state index in [2.05, 4.69) is 16.2 Å². The summed E-state index contributed by atoms with van der Waals surface area (Å²) in [5.41, 5.74) is -0.872. The molecule has 1 heterocycles. The van der Waals surface area contributed by atoms with Gasteiger partial charge in [-0.2, -0.15) is 13.2 Å². The first kappa shape index (κ1) is 8.93.